The van der Waals surface area contributed by atoms with Crippen molar-refractivity contribution >= 4 is 28.5 Å². The Morgan fingerprint density at radius 2 is 1.96 bits per heavy atom. The lowest BCUT2D eigenvalue weighted by Gasteiger charge is -2.23. The molecule has 5 aromatic rings. The summed E-state index contributed by atoms with van der Waals surface area (Å²) in [6.45, 7) is 2.60. The average Bonchev–Trinajstić information content (AvgIpc) is 3.34. The Bertz CT molecular complexity index is 1940. The maximum atomic E-state index is 15.2. The predicted octanol–water partition coefficient (Wildman–Crippen LogP) is 6.61. The second-order valence-corrected chi connectivity index (χ2v) is 13.2. The van der Waals surface area contributed by atoms with Gasteiger partial charge in [-0.25, -0.2) is 9.18 Å². The van der Waals surface area contributed by atoms with E-state index >= 15 is 4.39 Å². The van der Waals surface area contributed by atoms with E-state index in [9.17, 15) is 4.79 Å². The van der Waals surface area contributed by atoms with Crippen LogP contribution in [0, 0.1) is 5.82 Å². The number of halogens is 2. The summed E-state index contributed by atoms with van der Waals surface area (Å²) in [6, 6.07) is 19.6. The lowest BCUT2D eigenvalue weighted by Crippen LogP contribution is -2.32. The van der Waals surface area contributed by atoms with Gasteiger partial charge in [0, 0.05) is 48.0 Å². The number of nitrogens with two attached hydrogens (primary N) is 2. The molecule has 1 aliphatic heterocycles. The third-order valence-corrected chi connectivity index (χ3v) is 9.28. The molecule has 0 radical (unpaired) electrons. The highest BCUT2D eigenvalue weighted by Crippen LogP contribution is 2.32. The minimum absolute atomic E-state index is 0.0582. The summed E-state index contributed by atoms with van der Waals surface area (Å²) in [5.41, 5.74) is 16.4. The zero-order valence-electron chi connectivity index (χ0n) is 27.1. The third kappa shape index (κ3) is 8.01. The topological polar surface area (TPSA) is 140 Å². The van der Waals surface area contributed by atoms with Crippen molar-refractivity contribution in [3.63, 3.8) is 0 Å². The minimum atomic E-state index is -0.513. The van der Waals surface area contributed by atoms with Gasteiger partial charge in [0.05, 0.1) is 16.4 Å². The van der Waals surface area contributed by atoms with Crippen molar-refractivity contribution in [2.45, 2.75) is 76.4 Å². The summed E-state index contributed by atoms with van der Waals surface area (Å²) in [6.07, 6.45) is 11.2. The van der Waals surface area contributed by atoms with Crippen molar-refractivity contribution in [1.29, 1.82) is 0 Å². The number of hydrogen-bond acceptors (Lipinski definition) is 6. The number of aliphatic imine (C=N–C) groups is 1. The lowest BCUT2D eigenvalue weighted by atomic mass is 10.0. The van der Waals surface area contributed by atoms with Crippen LogP contribution in [0.25, 0.3) is 28.0 Å². The molecule has 4 heterocycles. The third-order valence-electron chi connectivity index (χ3n) is 9.00. The summed E-state index contributed by atoms with van der Waals surface area (Å²) in [4.78, 5) is 29.4. The van der Waals surface area contributed by atoms with Crippen molar-refractivity contribution in [3.05, 3.63) is 111 Å². The lowest BCUT2D eigenvalue weighted by molar-refractivity contribution is 0.422. The van der Waals surface area contributed by atoms with Crippen molar-refractivity contribution in [2.75, 3.05) is 6.54 Å². The number of hydrogen-bond donors (Lipinski definition) is 4. The maximum absolute atomic E-state index is 15.2. The second-order valence-electron chi connectivity index (χ2n) is 12.8. The van der Waals surface area contributed by atoms with Gasteiger partial charge in [0.25, 0.3) is 0 Å². The van der Waals surface area contributed by atoms with Crippen LogP contribution in [-0.2, 0) is 6.42 Å². The summed E-state index contributed by atoms with van der Waals surface area (Å²) in [5.74, 6) is -0.0506. The summed E-state index contributed by atoms with van der Waals surface area (Å²) in [7, 11) is 0. The zero-order chi connectivity index (χ0) is 33.6. The van der Waals surface area contributed by atoms with Crippen LogP contribution in [0.3, 0.4) is 0 Å². The predicted molar refractivity (Wildman–Crippen MR) is 191 cm³/mol. The largest absolute Gasteiger partial charge is 0.382 e. The van der Waals surface area contributed by atoms with E-state index in [1.165, 1.54) is 10.1 Å². The number of rotatable bonds is 11. The van der Waals surface area contributed by atoms with Gasteiger partial charge in [-0.15, -0.1) is 0 Å². The molecule has 9 nitrogen and oxygen atoms in total. The van der Waals surface area contributed by atoms with E-state index in [0.717, 1.165) is 56.9 Å². The van der Waals surface area contributed by atoms with Crippen molar-refractivity contribution in [3.8, 4) is 16.9 Å². The van der Waals surface area contributed by atoms with E-state index in [1.54, 1.807) is 30.6 Å². The number of nitrogens with one attached hydrogen (secondary N) is 2. The van der Waals surface area contributed by atoms with Crippen molar-refractivity contribution in [2.24, 2.45) is 16.5 Å². The monoisotopic (exact) mass is 668 g/mol. The number of pyridine rings is 1. The van der Waals surface area contributed by atoms with Crippen molar-refractivity contribution in [1.82, 2.24) is 24.8 Å². The van der Waals surface area contributed by atoms with E-state index in [1.807, 2.05) is 37.3 Å². The highest BCUT2D eigenvalue weighted by atomic mass is 35.5. The average molecular weight is 669 g/mol. The normalized spacial score (nSPS) is 17.8. The standard InChI is InChI=1S/C37H42ClFN8O/c1-23(40)7-6-8-24-19-29(34(39)30(38)20-24)33-21-26-22-47(37(48)46-36(26)45-33)28-14-12-25(13-15-28)31-10-3-2-9-27(44-31)16-18-43-35(41)32-11-4-5-17-42-32/h4-5,11-15,17,19-23,27,31,44H,2-3,6-10,16,18,40H2,1H3,(H2,41,43)(H,45,46,48)/t23-,27+,31+/m0/s1. The fraction of sp³-hybridized carbons (Fsp3) is 0.351. The summed E-state index contributed by atoms with van der Waals surface area (Å²) < 4.78 is 16.7. The van der Waals surface area contributed by atoms with Gasteiger partial charge in [-0.05, 0) is 99.0 Å². The minimum Gasteiger partial charge on any atom is -0.382 e. The van der Waals surface area contributed by atoms with Crippen LogP contribution < -0.4 is 22.5 Å². The van der Waals surface area contributed by atoms with Crippen LogP contribution >= 0.6 is 11.6 Å². The molecule has 0 spiro atoms. The van der Waals surface area contributed by atoms with Crippen LogP contribution in [0.1, 0.15) is 74.7 Å². The van der Waals surface area contributed by atoms with Gasteiger partial charge in [-0.2, -0.15) is 4.98 Å². The Kier molecular flexibility index (Phi) is 10.6. The number of nitrogens with zero attached hydrogens (tertiary/aromatic N) is 4. The van der Waals surface area contributed by atoms with E-state index in [0.29, 0.717) is 52.1 Å². The molecular formula is C37H42ClFN8O. The first-order chi connectivity index (χ1) is 23.2. The smallest absolute Gasteiger partial charge is 0.354 e. The number of H-pyrrole nitrogens is 1. The van der Waals surface area contributed by atoms with E-state index in [-0.39, 0.29) is 17.1 Å². The molecule has 11 heteroatoms. The van der Waals surface area contributed by atoms with Gasteiger partial charge in [0.15, 0.2) is 5.82 Å². The molecule has 1 saturated heterocycles. The van der Waals surface area contributed by atoms with Crippen LogP contribution in [0.5, 0.6) is 0 Å². The molecule has 6 rings (SSSR count). The molecule has 1 aliphatic rings. The number of benzene rings is 2. The molecule has 250 valence electrons. The molecule has 0 aliphatic carbocycles. The summed E-state index contributed by atoms with van der Waals surface area (Å²) >= 11 is 6.28. The molecule has 2 aromatic carbocycles. The molecule has 0 amide bonds. The van der Waals surface area contributed by atoms with E-state index < -0.39 is 11.5 Å². The molecule has 0 unspecified atom stereocenters. The Hall–Kier alpha value is -4.38. The molecule has 1 fully saturated rings. The molecule has 0 saturated carbocycles. The number of amidine groups is 1. The van der Waals surface area contributed by atoms with Gasteiger partial charge >= 0.3 is 5.69 Å². The molecule has 6 N–H and O–H groups in total. The summed E-state index contributed by atoms with van der Waals surface area (Å²) in [5, 5.41) is 4.58. The number of aryl methyl sites for hydroxylation is 1. The highest BCUT2D eigenvalue weighted by Gasteiger charge is 2.21. The maximum Gasteiger partial charge on any atom is 0.354 e. The van der Waals surface area contributed by atoms with Gasteiger partial charge in [0.1, 0.15) is 17.2 Å². The highest BCUT2D eigenvalue weighted by molar-refractivity contribution is 6.31. The van der Waals surface area contributed by atoms with E-state index in [2.05, 4.69) is 37.4 Å². The van der Waals surface area contributed by atoms with Gasteiger partial charge in [-0.3, -0.25) is 14.5 Å². The Labute approximate surface area is 284 Å². The molecule has 48 heavy (non-hydrogen) atoms. The van der Waals surface area contributed by atoms with Crippen LogP contribution in [0.15, 0.2) is 82.8 Å². The first-order valence-corrected chi connectivity index (χ1v) is 17.1. The fourth-order valence-corrected chi connectivity index (χ4v) is 6.66. The number of aromatic nitrogens is 4. The Balaban J connectivity index is 1.16. The van der Waals surface area contributed by atoms with Gasteiger partial charge in [0.2, 0.25) is 0 Å². The SMILES string of the molecule is C[C@H](N)CCCc1cc(Cl)c(F)c(-c2cc3cn(-c4ccc([C@H]5CCCC[C@H](CCN=C(N)c6ccccn6)N5)cc4)c(=O)nc3[nH]2)c1. The Morgan fingerprint density at radius 1 is 1.15 bits per heavy atom. The van der Waals surface area contributed by atoms with Crippen LogP contribution in [0.4, 0.5) is 4.39 Å². The van der Waals surface area contributed by atoms with E-state index in [4.69, 9.17) is 23.1 Å². The zero-order valence-corrected chi connectivity index (χ0v) is 27.9. The fourth-order valence-electron chi connectivity index (χ4n) is 6.42. The van der Waals surface area contributed by atoms with Crippen LogP contribution in [-0.4, -0.2) is 44.0 Å². The van der Waals surface area contributed by atoms with Gasteiger partial charge in [-0.1, -0.05) is 42.6 Å². The number of fused-ring (bicyclic) bond motifs is 1. The van der Waals surface area contributed by atoms with Crippen molar-refractivity contribution < 1.29 is 4.39 Å². The first-order valence-electron chi connectivity index (χ1n) is 16.7. The Morgan fingerprint density at radius 3 is 2.73 bits per heavy atom. The van der Waals surface area contributed by atoms with Crippen LogP contribution in [0.2, 0.25) is 5.02 Å². The molecule has 3 aromatic heterocycles. The first kappa shape index (κ1) is 33.5. The molecule has 0 bridgehead atoms. The molecule has 3 atom stereocenters. The second kappa shape index (κ2) is 15.2. The molecular weight excluding hydrogens is 627 g/mol. The number of aromatic amines is 1. The quantitative estimate of drug-likeness (QED) is 0.0923. The van der Waals surface area contributed by atoms with Gasteiger partial charge < -0.3 is 21.8 Å².